The van der Waals surface area contributed by atoms with Gasteiger partial charge in [0.25, 0.3) is 0 Å². The average Bonchev–Trinajstić information content (AvgIpc) is 2.73. The van der Waals surface area contributed by atoms with Crippen LogP contribution in [-0.2, 0) is 21.0 Å². The van der Waals surface area contributed by atoms with Crippen LogP contribution in [0.5, 0.6) is 0 Å². The minimum atomic E-state index is -0.810. The third-order valence-corrected chi connectivity index (χ3v) is 4.86. The summed E-state index contributed by atoms with van der Waals surface area (Å²) in [5, 5.41) is 3.84. The lowest BCUT2D eigenvalue weighted by Crippen LogP contribution is -2.48. The molecule has 7 nitrogen and oxygen atoms in total. The van der Waals surface area contributed by atoms with E-state index in [4.69, 9.17) is 9.57 Å². The number of anilines is 2. The van der Waals surface area contributed by atoms with Gasteiger partial charge in [-0.2, -0.15) is 0 Å². The Labute approximate surface area is 185 Å². The molecule has 1 fully saturated rings. The summed E-state index contributed by atoms with van der Waals surface area (Å²) in [5.74, 6) is -1.97. The first-order valence-corrected chi connectivity index (χ1v) is 10.3. The summed E-state index contributed by atoms with van der Waals surface area (Å²) in [4.78, 5) is 30.8. The van der Waals surface area contributed by atoms with Crippen LogP contribution in [0.25, 0.3) is 0 Å². The van der Waals surface area contributed by atoms with Crippen LogP contribution in [0.1, 0.15) is 26.3 Å². The first kappa shape index (κ1) is 23.5. The zero-order valence-electron chi connectivity index (χ0n) is 18.4. The van der Waals surface area contributed by atoms with E-state index in [-0.39, 0.29) is 37.0 Å². The fourth-order valence-electron chi connectivity index (χ4n) is 3.07. The number of nitrogens with zero attached hydrogens (tertiary/aromatic N) is 2. The summed E-state index contributed by atoms with van der Waals surface area (Å²) in [6.45, 7) is 6.48. The van der Waals surface area contributed by atoms with Crippen molar-refractivity contribution in [1.82, 2.24) is 5.06 Å². The van der Waals surface area contributed by atoms with Crippen molar-refractivity contribution in [3.63, 3.8) is 0 Å². The normalized spacial score (nSPS) is 14.7. The molecule has 9 heteroatoms. The number of benzene rings is 2. The van der Waals surface area contributed by atoms with Gasteiger partial charge in [-0.05, 0) is 38.5 Å². The highest BCUT2D eigenvalue weighted by molar-refractivity contribution is 5.85. The lowest BCUT2D eigenvalue weighted by molar-refractivity contribution is -0.201. The van der Waals surface area contributed by atoms with Gasteiger partial charge >= 0.3 is 12.1 Å². The summed E-state index contributed by atoms with van der Waals surface area (Å²) in [6, 6.07) is 11.2. The lowest BCUT2D eigenvalue weighted by atomic mass is 9.98. The highest BCUT2D eigenvalue weighted by Gasteiger charge is 2.29. The third-order valence-electron chi connectivity index (χ3n) is 4.86. The van der Waals surface area contributed by atoms with Crippen LogP contribution in [0.15, 0.2) is 42.5 Å². The average molecular weight is 447 g/mol. The van der Waals surface area contributed by atoms with E-state index in [1.807, 2.05) is 18.2 Å². The van der Waals surface area contributed by atoms with Crippen LogP contribution in [0.2, 0.25) is 0 Å². The molecule has 0 radical (unpaired) electrons. The molecule has 1 saturated heterocycles. The molecule has 1 aliphatic heterocycles. The molecule has 1 heterocycles. The lowest BCUT2D eigenvalue weighted by Gasteiger charge is -2.36. The number of rotatable bonds is 5. The van der Waals surface area contributed by atoms with Gasteiger partial charge in [-0.15, -0.1) is 5.06 Å². The van der Waals surface area contributed by atoms with Gasteiger partial charge < -0.3 is 14.5 Å². The molecule has 1 aliphatic rings. The summed E-state index contributed by atoms with van der Waals surface area (Å²) in [7, 11) is 0. The Bertz CT molecular complexity index is 932. The quantitative estimate of drug-likeness (QED) is 0.735. The van der Waals surface area contributed by atoms with Gasteiger partial charge in [0.05, 0.1) is 18.5 Å². The molecular formula is C23H27F2N3O4. The fourth-order valence-corrected chi connectivity index (χ4v) is 3.07. The highest BCUT2D eigenvalue weighted by Crippen LogP contribution is 2.28. The minimum absolute atomic E-state index is 0.0415. The Morgan fingerprint density at radius 2 is 1.59 bits per heavy atom. The number of halogens is 2. The second kappa shape index (κ2) is 9.95. The van der Waals surface area contributed by atoms with E-state index in [0.29, 0.717) is 13.1 Å². The van der Waals surface area contributed by atoms with Crippen molar-refractivity contribution in [2.24, 2.45) is 5.41 Å². The zero-order valence-corrected chi connectivity index (χ0v) is 18.4. The summed E-state index contributed by atoms with van der Waals surface area (Å²) >= 11 is 0. The molecule has 3 rings (SSSR count). The number of nitrogens with one attached hydrogen (secondary N) is 1. The van der Waals surface area contributed by atoms with Crippen LogP contribution >= 0.6 is 0 Å². The van der Waals surface area contributed by atoms with Crippen molar-refractivity contribution in [2.45, 2.75) is 27.4 Å². The Morgan fingerprint density at radius 1 is 1.00 bits per heavy atom. The van der Waals surface area contributed by atoms with Crippen molar-refractivity contribution < 1.29 is 27.9 Å². The summed E-state index contributed by atoms with van der Waals surface area (Å²) in [6.07, 6.45) is -0.810. The second-order valence-electron chi connectivity index (χ2n) is 8.52. The smallest absolute Gasteiger partial charge is 0.411 e. The topological polar surface area (TPSA) is 71.1 Å². The van der Waals surface area contributed by atoms with Crippen LogP contribution < -0.4 is 10.2 Å². The van der Waals surface area contributed by atoms with Gasteiger partial charge in [-0.25, -0.2) is 18.4 Å². The minimum Gasteiger partial charge on any atom is -0.444 e. The van der Waals surface area contributed by atoms with Gasteiger partial charge in [-0.1, -0.05) is 30.3 Å². The number of ether oxygens (including phenoxy) is 1. The van der Waals surface area contributed by atoms with Gasteiger partial charge in [-0.3, -0.25) is 5.32 Å². The SMILES string of the molecule is CC(C)(C)C(=O)ON1CCN(c2c(F)cc(NC(=O)OCc3ccccc3)cc2F)CC1. The Kier molecular flexibility index (Phi) is 7.29. The fraction of sp³-hybridized carbons (Fsp3) is 0.391. The van der Waals surface area contributed by atoms with Gasteiger partial charge in [0.1, 0.15) is 12.3 Å². The highest BCUT2D eigenvalue weighted by atomic mass is 19.1. The van der Waals surface area contributed by atoms with Crippen molar-refractivity contribution >= 4 is 23.4 Å². The van der Waals surface area contributed by atoms with Crippen LogP contribution in [0, 0.1) is 17.0 Å². The van der Waals surface area contributed by atoms with Crippen LogP contribution in [0.3, 0.4) is 0 Å². The molecule has 0 aromatic heterocycles. The first-order valence-electron chi connectivity index (χ1n) is 10.3. The van der Waals surface area contributed by atoms with Crippen LogP contribution in [0.4, 0.5) is 25.0 Å². The molecule has 0 atom stereocenters. The molecule has 0 bridgehead atoms. The molecule has 0 aliphatic carbocycles. The predicted molar refractivity (Wildman–Crippen MR) is 116 cm³/mol. The van der Waals surface area contributed by atoms with E-state index < -0.39 is 23.1 Å². The van der Waals surface area contributed by atoms with Crippen molar-refractivity contribution in [3.8, 4) is 0 Å². The van der Waals surface area contributed by atoms with E-state index in [1.54, 1.807) is 37.8 Å². The molecule has 32 heavy (non-hydrogen) atoms. The standard InChI is InChI=1S/C23H27F2N3O4/c1-23(2,3)21(29)32-28-11-9-27(10-12-28)20-18(24)13-17(14-19(20)25)26-22(30)31-15-16-7-5-4-6-8-16/h4-8,13-14H,9-12,15H2,1-3H3,(H,26,30). The molecule has 1 N–H and O–H groups in total. The molecule has 0 spiro atoms. The molecule has 172 valence electrons. The van der Waals surface area contributed by atoms with Gasteiger partial charge in [0, 0.05) is 18.8 Å². The van der Waals surface area contributed by atoms with Crippen molar-refractivity contribution in [2.75, 3.05) is 36.4 Å². The van der Waals surface area contributed by atoms with E-state index in [0.717, 1.165) is 17.7 Å². The van der Waals surface area contributed by atoms with Gasteiger partial charge in [0.15, 0.2) is 11.6 Å². The molecule has 1 amide bonds. The largest absolute Gasteiger partial charge is 0.444 e. The van der Waals surface area contributed by atoms with E-state index in [1.165, 1.54) is 5.06 Å². The maximum atomic E-state index is 14.7. The van der Waals surface area contributed by atoms with E-state index in [2.05, 4.69) is 5.32 Å². The number of amides is 1. The Balaban J connectivity index is 1.56. The van der Waals surface area contributed by atoms with E-state index in [9.17, 15) is 18.4 Å². The second-order valence-corrected chi connectivity index (χ2v) is 8.52. The maximum absolute atomic E-state index is 14.7. The molecule has 2 aromatic rings. The van der Waals surface area contributed by atoms with E-state index >= 15 is 0 Å². The Hall–Kier alpha value is -3.20. The molecule has 0 saturated carbocycles. The van der Waals surface area contributed by atoms with Crippen LogP contribution in [-0.4, -0.2) is 43.3 Å². The molecular weight excluding hydrogens is 420 g/mol. The number of hydrogen-bond donors (Lipinski definition) is 1. The van der Waals surface area contributed by atoms with Crippen molar-refractivity contribution in [1.29, 1.82) is 0 Å². The molecule has 0 unspecified atom stereocenters. The number of hydrogen-bond acceptors (Lipinski definition) is 6. The summed E-state index contributed by atoms with van der Waals surface area (Å²) in [5.41, 5.74) is -0.0716. The van der Waals surface area contributed by atoms with Crippen molar-refractivity contribution in [3.05, 3.63) is 59.7 Å². The van der Waals surface area contributed by atoms with Gasteiger partial charge in [0.2, 0.25) is 0 Å². The zero-order chi connectivity index (χ0) is 23.3. The Morgan fingerprint density at radius 3 is 2.16 bits per heavy atom. The maximum Gasteiger partial charge on any atom is 0.411 e. The third kappa shape index (κ3) is 6.16. The monoisotopic (exact) mass is 447 g/mol. The number of carbonyl (C=O) groups excluding carboxylic acids is 2. The predicted octanol–water partition coefficient (Wildman–Crippen LogP) is 4.34. The first-order chi connectivity index (χ1) is 15.1. The summed E-state index contributed by atoms with van der Waals surface area (Å²) < 4.78 is 34.4. The number of carbonyl (C=O) groups is 2. The molecule has 2 aromatic carbocycles. The number of piperazine rings is 1. The number of hydroxylamine groups is 2.